The van der Waals surface area contributed by atoms with E-state index < -0.39 is 0 Å². The molecule has 0 atom stereocenters. The molecule has 3 rings (SSSR count). The molecule has 0 bridgehead atoms. The predicted octanol–water partition coefficient (Wildman–Crippen LogP) is 3.84. The molecule has 0 aliphatic heterocycles. The van der Waals surface area contributed by atoms with Crippen LogP contribution in [0, 0.1) is 0 Å². The Balaban J connectivity index is 1.47. The van der Waals surface area contributed by atoms with E-state index in [-0.39, 0.29) is 0 Å². The van der Waals surface area contributed by atoms with Crippen LogP contribution in [-0.2, 0) is 6.42 Å². The average Bonchev–Trinajstić information content (AvgIpc) is 3.15. The molecule has 0 saturated carbocycles. The van der Waals surface area contributed by atoms with Gasteiger partial charge in [-0.25, -0.2) is 0 Å². The van der Waals surface area contributed by atoms with E-state index in [2.05, 4.69) is 27.6 Å². The van der Waals surface area contributed by atoms with E-state index >= 15 is 0 Å². The van der Waals surface area contributed by atoms with Crippen LogP contribution in [0.3, 0.4) is 0 Å². The second-order valence-corrected chi connectivity index (χ2v) is 5.20. The summed E-state index contributed by atoms with van der Waals surface area (Å²) in [6.07, 6.45) is 1.75. The monoisotopic (exact) mass is 285 g/mol. The lowest BCUT2D eigenvalue weighted by Gasteiger charge is -2.03. The van der Waals surface area contributed by atoms with Gasteiger partial charge in [-0.15, -0.1) is 0 Å². The van der Waals surface area contributed by atoms with Crippen molar-refractivity contribution >= 4 is 17.0 Å². The zero-order chi connectivity index (χ0) is 13.6. The van der Waals surface area contributed by atoms with Gasteiger partial charge in [0, 0.05) is 29.6 Å². The van der Waals surface area contributed by atoms with Crippen molar-refractivity contribution < 1.29 is 4.52 Å². The summed E-state index contributed by atoms with van der Waals surface area (Å²) in [5, 5.41) is 11.4. The Morgan fingerprint density at radius 1 is 1.15 bits per heavy atom. The van der Waals surface area contributed by atoms with Gasteiger partial charge in [-0.05, 0) is 30.0 Å². The number of hydrogen-bond donors (Lipinski definition) is 1. The summed E-state index contributed by atoms with van der Waals surface area (Å²) in [7, 11) is 0. The lowest BCUT2D eigenvalue weighted by atomic mass is 10.2. The van der Waals surface area contributed by atoms with Crippen molar-refractivity contribution in [1.29, 1.82) is 0 Å². The van der Waals surface area contributed by atoms with Gasteiger partial charge < -0.3 is 9.84 Å². The van der Waals surface area contributed by atoms with Crippen molar-refractivity contribution in [2.24, 2.45) is 0 Å². The third-order valence-corrected chi connectivity index (χ3v) is 3.60. The van der Waals surface area contributed by atoms with Gasteiger partial charge in [0.05, 0.1) is 0 Å². The summed E-state index contributed by atoms with van der Waals surface area (Å²) < 4.78 is 5.26. The Morgan fingerprint density at radius 3 is 2.85 bits per heavy atom. The fourth-order valence-corrected chi connectivity index (χ4v) is 2.53. The topological polar surface area (TPSA) is 51.0 Å². The van der Waals surface area contributed by atoms with Crippen LogP contribution in [0.15, 0.2) is 51.7 Å². The van der Waals surface area contributed by atoms with E-state index in [0.29, 0.717) is 11.7 Å². The zero-order valence-corrected chi connectivity index (χ0v) is 11.8. The molecular weight excluding hydrogens is 270 g/mol. The summed E-state index contributed by atoms with van der Waals surface area (Å²) >= 11 is 1.63. The molecule has 20 heavy (non-hydrogen) atoms. The summed E-state index contributed by atoms with van der Waals surface area (Å²) in [6, 6.07) is 12.2. The number of anilines is 1. The molecule has 0 radical (unpaired) electrons. The molecule has 1 N–H and O–H groups in total. The number of para-hydroxylation sites is 1. The smallest absolute Gasteiger partial charge is 0.227 e. The number of hydrogen-bond acceptors (Lipinski definition) is 5. The average molecular weight is 285 g/mol. The predicted molar refractivity (Wildman–Crippen MR) is 80.9 cm³/mol. The van der Waals surface area contributed by atoms with Gasteiger partial charge in [-0.3, -0.25) is 0 Å². The number of nitrogens with one attached hydrogen (secondary N) is 1. The van der Waals surface area contributed by atoms with Crippen LogP contribution < -0.4 is 5.32 Å². The SMILES string of the molecule is c1ccc(NCCCc2nc(-c3ccsc3)no2)cc1. The van der Waals surface area contributed by atoms with Gasteiger partial charge in [0.25, 0.3) is 0 Å². The zero-order valence-electron chi connectivity index (χ0n) is 11.0. The highest BCUT2D eigenvalue weighted by Gasteiger charge is 2.08. The van der Waals surface area contributed by atoms with E-state index in [0.717, 1.165) is 30.6 Å². The van der Waals surface area contributed by atoms with Gasteiger partial charge in [0.1, 0.15) is 0 Å². The lowest BCUT2D eigenvalue weighted by Crippen LogP contribution is -2.02. The Morgan fingerprint density at radius 2 is 2.05 bits per heavy atom. The maximum absolute atomic E-state index is 5.26. The van der Waals surface area contributed by atoms with Gasteiger partial charge >= 0.3 is 0 Å². The Labute approximate surface area is 121 Å². The first kappa shape index (κ1) is 12.9. The van der Waals surface area contributed by atoms with Crippen LogP contribution in [0.2, 0.25) is 0 Å². The highest BCUT2D eigenvalue weighted by Crippen LogP contribution is 2.19. The van der Waals surface area contributed by atoms with E-state index in [9.17, 15) is 0 Å². The van der Waals surface area contributed by atoms with Crippen LogP contribution in [0.25, 0.3) is 11.4 Å². The summed E-state index contributed by atoms with van der Waals surface area (Å²) in [6.45, 7) is 0.889. The van der Waals surface area contributed by atoms with Crippen molar-refractivity contribution in [3.8, 4) is 11.4 Å². The summed E-state index contributed by atoms with van der Waals surface area (Å²) in [5.41, 5.74) is 2.16. The van der Waals surface area contributed by atoms with Gasteiger partial charge in [-0.2, -0.15) is 16.3 Å². The molecular formula is C15H15N3OS. The number of rotatable bonds is 6. The molecule has 3 aromatic rings. The first-order chi connectivity index (χ1) is 9.92. The molecule has 0 aliphatic rings. The number of benzene rings is 1. The minimum atomic E-state index is 0.678. The van der Waals surface area contributed by atoms with Gasteiger partial charge in [0.15, 0.2) is 0 Å². The van der Waals surface area contributed by atoms with Crippen LogP contribution in [0.4, 0.5) is 5.69 Å². The normalized spacial score (nSPS) is 10.6. The number of aromatic nitrogens is 2. The van der Waals surface area contributed by atoms with Crippen molar-refractivity contribution in [3.63, 3.8) is 0 Å². The largest absolute Gasteiger partial charge is 0.385 e. The van der Waals surface area contributed by atoms with Crippen LogP contribution in [-0.4, -0.2) is 16.7 Å². The fraction of sp³-hybridized carbons (Fsp3) is 0.200. The third-order valence-electron chi connectivity index (χ3n) is 2.92. The van der Waals surface area contributed by atoms with Crippen LogP contribution >= 0.6 is 11.3 Å². The van der Waals surface area contributed by atoms with Crippen molar-refractivity contribution in [1.82, 2.24) is 10.1 Å². The lowest BCUT2D eigenvalue weighted by molar-refractivity contribution is 0.377. The second kappa shape index (κ2) is 6.34. The Hall–Kier alpha value is -2.14. The van der Waals surface area contributed by atoms with E-state index in [1.54, 1.807) is 11.3 Å². The Bertz CT molecular complexity index is 634. The molecule has 1 aromatic carbocycles. The summed E-state index contributed by atoms with van der Waals surface area (Å²) in [4.78, 5) is 4.40. The first-order valence-electron chi connectivity index (χ1n) is 6.56. The maximum Gasteiger partial charge on any atom is 0.227 e. The molecule has 0 saturated heterocycles. The standard InChI is InChI=1S/C15H15N3OS/c1-2-5-13(6-3-1)16-9-4-7-14-17-15(18-19-14)12-8-10-20-11-12/h1-3,5-6,8,10-11,16H,4,7,9H2. The Kier molecular flexibility index (Phi) is 4.08. The number of thiophene rings is 1. The molecule has 2 aromatic heterocycles. The molecule has 2 heterocycles. The first-order valence-corrected chi connectivity index (χ1v) is 7.50. The van der Waals surface area contributed by atoms with Crippen molar-refractivity contribution in [2.45, 2.75) is 12.8 Å². The van der Waals surface area contributed by atoms with Crippen LogP contribution in [0.1, 0.15) is 12.3 Å². The molecule has 0 unspecified atom stereocenters. The molecule has 102 valence electrons. The van der Waals surface area contributed by atoms with E-state index in [1.807, 2.05) is 35.0 Å². The van der Waals surface area contributed by atoms with Gasteiger partial charge in [0.2, 0.25) is 11.7 Å². The molecule has 0 aliphatic carbocycles. The molecule has 0 spiro atoms. The minimum absolute atomic E-state index is 0.678. The van der Waals surface area contributed by atoms with E-state index in [4.69, 9.17) is 4.52 Å². The van der Waals surface area contributed by atoms with E-state index in [1.165, 1.54) is 0 Å². The van der Waals surface area contributed by atoms with Crippen molar-refractivity contribution in [3.05, 3.63) is 53.0 Å². The number of aryl methyl sites for hydroxylation is 1. The quantitative estimate of drug-likeness (QED) is 0.699. The van der Waals surface area contributed by atoms with Crippen LogP contribution in [0.5, 0.6) is 0 Å². The van der Waals surface area contributed by atoms with Crippen molar-refractivity contribution in [2.75, 3.05) is 11.9 Å². The fourth-order valence-electron chi connectivity index (χ4n) is 1.89. The highest BCUT2D eigenvalue weighted by molar-refractivity contribution is 7.08. The molecule has 0 fully saturated rings. The molecule has 5 heteroatoms. The maximum atomic E-state index is 5.26. The second-order valence-electron chi connectivity index (χ2n) is 4.42. The third kappa shape index (κ3) is 3.24. The highest BCUT2D eigenvalue weighted by atomic mass is 32.1. The number of nitrogens with zero attached hydrogens (tertiary/aromatic N) is 2. The molecule has 0 amide bonds. The van der Waals surface area contributed by atoms with Gasteiger partial charge in [-0.1, -0.05) is 23.4 Å². The molecule has 4 nitrogen and oxygen atoms in total. The minimum Gasteiger partial charge on any atom is -0.385 e. The summed E-state index contributed by atoms with van der Waals surface area (Å²) in [5.74, 6) is 1.37.